The van der Waals surface area contributed by atoms with E-state index >= 15 is 0 Å². The number of nitrogens with one attached hydrogen (secondary N) is 1. The van der Waals surface area contributed by atoms with Crippen LogP contribution in [0.15, 0.2) is 54.7 Å². The molecule has 8 heteroatoms. The van der Waals surface area contributed by atoms with Gasteiger partial charge in [0.05, 0.1) is 22.7 Å². The van der Waals surface area contributed by atoms with E-state index < -0.39 is 23.2 Å². The Hall–Kier alpha value is -3.13. The van der Waals surface area contributed by atoms with Gasteiger partial charge in [-0.1, -0.05) is 18.2 Å². The number of aromatic nitrogens is 1. The highest BCUT2D eigenvalue weighted by Gasteiger charge is 2.37. The van der Waals surface area contributed by atoms with Gasteiger partial charge in [-0.25, -0.2) is 0 Å². The second-order valence-corrected chi connectivity index (χ2v) is 6.99. The number of carbonyl (C=O) groups excluding carboxylic acids is 1. The Labute approximate surface area is 170 Å². The molecule has 1 N–H and O–H groups in total. The summed E-state index contributed by atoms with van der Waals surface area (Å²) >= 11 is 0. The molecule has 3 aromatic rings. The molecule has 2 aromatic carbocycles. The molecule has 0 spiro atoms. The lowest BCUT2D eigenvalue weighted by Crippen LogP contribution is -2.20. The first-order valence-electron chi connectivity index (χ1n) is 9.52. The van der Waals surface area contributed by atoms with Gasteiger partial charge in [0.25, 0.3) is 5.91 Å². The maximum atomic E-state index is 13.7. The number of para-hydroxylation sites is 1. The van der Waals surface area contributed by atoms with Gasteiger partial charge in [0, 0.05) is 23.9 Å². The standard InChI is InChI=1S/C22H19F3N2O3/c23-22(24,25)20-17-5-1-2-6-19(17)26-12-18(20)21(28)27-14-7-9-15(10-8-14)30-13-16-4-3-11-29-16/h1-2,5-10,12,16H,3-4,11,13H2,(H,27,28). The maximum Gasteiger partial charge on any atom is 0.417 e. The summed E-state index contributed by atoms with van der Waals surface area (Å²) in [6, 6.07) is 12.3. The van der Waals surface area contributed by atoms with Gasteiger partial charge in [0.15, 0.2) is 0 Å². The van der Waals surface area contributed by atoms with E-state index in [0.29, 0.717) is 18.0 Å². The summed E-state index contributed by atoms with van der Waals surface area (Å²) < 4.78 is 52.3. The van der Waals surface area contributed by atoms with Crippen LogP contribution in [0.4, 0.5) is 18.9 Å². The second kappa shape index (κ2) is 8.31. The number of fused-ring (bicyclic) bond motifs is 1. The average Bonchev–Trinajstić information content (AvgIpc) is 3.25. The third kappa shape index (κ3) is 4.38. The van der Waals surface area contributed by atoms with Crippen LogP contribution in [0.5, 0.6) is 5.75 Å². The van der Waals surface area contributed by atoms with E-state index in [9.17, 15) is 18.0 Å². The molecule has 2 heterocycles. The molecule has 1 fully saturated rings. The van der Waals surface area contributed by atoms with E-state index in [4.69, 9.17) is 9.47 Å². The minimum absolute atomic E-state index is 0.0746. The van der Waals surface area contributed by atoms with Crippen LogP contribution in [-0.2, 0) is 10.9 Å². The predicted molar refractivity (Wildman–Crippen MR) is 106 cm³/mol. The normalized spacial score (nSPS) is 16.6. The number of anilines is 1. The van der Waals surface area contributed by atoms with Gasteiger partial charge in [-0.15, -0.1) is 0 Å². The number of pyridine rings is 1. The molecule has 1 aromatic heterocycles. The number of ether oxygens (including phenoxy) is 2. The van der Waals surface area contributed by atoms with Crippen molar-refractivity contribution >= 4 is 22.5 Å². The lowest BCUT2D eigenvalue weighted by molar-refractivity contribution is -0.136. The zero-order chi connectivity index (χ0) is 21.1. The molecule has 1 atom stereocenters. The first-order valence-corrected chi connectivity index (χ1v) is 9.52. The molecule has 30 heavy (non-hydrogen) atoms. The Balaban J connectivity index is 1.51. The fourth-order valence-corrected chi connectivity index (χ4v) is 3.42. The molecular formula is C22H19F3N2O3. The van der Waals surface area contributed by atoms with Gasteiger partial charge >= 0.3 is 6.18 Å². The SMILES string of the molecule is O=C(Nc1ccc(OCC2CCCO2)cc1)c1cnc2ccccc2c1C(F)(F)F. The van der Waals surface area contributed by atoms with Gasteiger partial charge in [-0.2, -0.15) is 13.2 Å². The molecule has 1 aliphatic rings. The van der Waals surface area contributed by atoms with Gasteiger partial charge in [-0.3, -0.25) is 9.78 Å². The Bertz CT molecular complexity index is 1050. The molecule has 0 aliphatic carbocycles. The van der Waals surface area contributed by atoms with Crippen LogP contribution in [0.3, 0.4) is 0 Å². The number of alkyl halides is 3. The zero-order valence-corrected chi connectivity index (χ0v) is 15.9. The largest absolute Gasteiger partial charge is 0.491 e. The lowest BCUT2D eigenvalue weighted by atomic mass is 10.0. The smallest absolute Gasteiger partial charge is 0.417 e. The fourth-order valence-electron chi connectivity index (χ4n) is 3.42. The molecule has 1 aliphatic heterocycles. The summed E-state index contributed by atoms with van der Waals surface area (Å²) in [5.74, 6) is -0.291. The topological polar surface area (TPSA) is 60.5 Å². The first kappa shape index (κ1) is 20.2. The van der Waals surface area contributed by atoms with Crippen molar-refractivity contribution in [3.05, 3.63) is 65.9 Å². The van der Waals surface area contributed by atoms with Crippen molar-refractivity contribution in [1.29, 1.82) is 0 Å². The van der Waals surface area contributed by atoms with Crippen molar-refractivity contribution in [1.82, 2.24) is 4.98 Å². The number of benzene rings is 2. The number of halogens is 3. The van der Waals surface area contributed by atoms with Crippen molar-refractivity contribution in [2.45, 2.75) is 25.1 Å². The van der Waals surface area contributed by atoms with Crippen LogP contribution in [0, 0.1) is 0 Å². The highest BCUT2D eigenvalue weighted by atomic mass is 19.4. The van der Waals surface area contributed by atoms with Crippen molar-refractivity contribution in [3.8, 4) is 5.75 Å². The van der Waals surface area contributed by atoms with E-state index in [-0.39, 0.29) is 17.0 Å². The second-order valence-electron chi connectivity index (χ2n) is 6.99. The van der Waals surface area contributed by atoms with Crippen molar-refractivity contribution < 1.29 is 27.4 Å². The molecular weight excluding hydrogens is 397 g/mol. The van der Waals surface area contributed by atoms with Crippen LogP contribution >= 0.6 is 0 Å². The van der Waals surface area contributed by atoms with Gasteiger partial charge in [0.1, 0.15) is 12.4 Å². The van der Waals surface area contributed by atoms with Crippen molar-refractivity contribution in [2.75, 3.05) is 18.5 Å². The van der Waals surface area contributed by atoms with Crippen LogP contribution in [-0.4, -0.2) is 30.2 Å². The lowest BCUT2D eigenvalue weighted by Gasteiger charge is -2.15. The molecule has 0 saturated carbocycles. The maximum absolute atomic E-state index is 13.7. The van der Waals surface area contributed by atoms with Crippen LogP contribution < -0.4 is 10.1 Å². The predicted octanol–water partition coefficient (Wildman–Crippen LogP) is 5.06. The van der Waals surface area contributed by atoms with Gasteiger partial charge in [-0.05, 0) is 43.2 Å². The quantitative estimate of drug-likeness (QED) is 0.631. The summed E-state index contributed by atoms with van der Waals surface area (Å²) in [7, 11) is 0. The highest BCUT2D eigenvalue weighted by Crippen LogP contribution is 2.37. The minimum atomic E-state index is -4.70. The van der Waals surface area contributed by atoms with E-state index in [1.807, 2.05) is 0 Å². The number of hydrogen-bond donors (Lipinski definition) is 1. The summed E-state index contributed by atoms with van der Waals surface area (Å²) in [5, 5.41) is 2.39. The molecule has 1 saturated heterocycles. The third-order valence-corrected chi connectivity index (χ3v) is 4.88. The van der Waals surface area contributed by atoms with Crippen molar-refractivity contribution in [3.63, 3.8) is 0 Å². The number of carbonyl (C=O) groups is 1. The molecule has 0 bridgehead atoms. The molecule has 4 rings (SSSR count). The monoisotopic (exact) mass is 416 g/mol. The number of amides is 1. The van der Waals surface area contributed by atoms with Gasteiger partial charge in [0.2, 0.25) is 0 Å². The summed E-state index contributed by atoms with van der Waals surface area (Å²) in [6.07, 6.45) is -1.70. The Kier molecular flexibility index (Phi) is 5.59. The van der Waals surface area contributed by atoms with Crippen molar-refractivity contribution in [2.24, 2.45) is 0 Å². The Morgan fingerprint density at radius 2 is 1.93 bits per heavy atom. The van der Waals surface area contributed by atoms with E-state index in [1.165, 1.54) is 18.2 Å². The Morgan fingerprint density at radius 1 is 1.17 bits per heavy atom. The molecule has 1 amide bonds. The van der Waals surface area contributed by atoms with E-state index in [1.54, 1.807) is 30.3 Å². The number of rotatable bonds is 5. The van der Waals surface area contributed by atoms with Crippen LogP contribution in [0.1, 0.15) is 28.8 Å². The number of nitrogens with zero attached hydrogens (tertiary/aromatic N) is 1. The van der Waals surface area contributed by atoms with E-state index in [0.717, 1.165) is 25.6 Å². The molecule has 0 radical (unpaired) electrons. The zero-order valence-electron chi connectivity index (χ0n) is 15.9. The summed E-state index contributed by atoms with van der Waals surface area (Å²) in [4.78, 5) is 16.6. The summed E-state index contributed by atoms with van der Waals surface area (Å²) in [6.45, 7) is 1.17. The molecule has 5 nitrogen and oxygen atoms in total. The van der Waals surface area contributed by atoms with Crippen LogP contribution in [0.2, 0.25) is 0 Å². The fraction of sp³-hybridized carbons (Fsp3) is 0.273. The molecule has 1 unspecified atom stereocenters. The third-order valence-electron chi connectivity index (χ3n) is 4.88. The highest BCUT2D eigenvalue weighted by molar-refractivity contribution is 6.07. The van der Waals surface area contributed by atoms with Crippen LogP contribution in [0.25, 0.3) is 10.9 Å². The van der Waals surface area contributed by atoms with Gasteiger partial charge < -0.3 is 14.8 Å². The number of hydrogen-bond acceptors (Lipinski definition) is 4. The molecule has 156 valence electrons. The van der Waals surface area contributed by atoms with E-state index in [2.05, 4.69) is 10.3 Å². The first-order chi connectivity index (χ1) is 14.4. The Morgan fingerprint density at radius 3 is 2.63 bits per heavy atom. The summed E-state index contributed by atoms with van der Waals surface area (Å²) in [5.41, 5.74) is -0.998. The minimum Gasteiger partial charge on any atom is -0.491 e. The average molecular weight is 416 g/mol.